The highest BCUT2D eigenvalue weighted by molar-refractivity contribution is 7.98. The van der Waals surface area contributed by atoms with E-state index in [-0.39, 0.29) is 18.9 Å². The number of nitrogens with two attached hydrogens (primary N) is 3. The van der Waals surface area contributed by atoms with Gasteiger partial charge in [0.25, 0.3) is 0 Å². The van der Waals surface area contributed by atoms with Crippen molar-refractivity contribution >= 4 is 41.4 Å². The van der Waals surface area contributed by atoms with Crippen molar-refractivity contribution in [1.82, 2.24) is 16.0 Å². The molecule has 13 heteroatoms. The normalized spacial score (nSPS) is 13.5. The Morgan fingerprint density at radius 1 is 1.03 bits per heavy atom. The van der Waals surface area contributed by atoms with Gasteiger partial charge >= 0.3 is 5.97 Å². The van der Waals surface area contributed by atoms with Crippen molar-refractivity contribution in [2.24, 2.45) is 22.2 Å². The fraction of sp³-hybridized carbons (Fsp3) is 0.688. The van der Waals surface area contributed by atoms with E-state index >= 15 is 0 Å². The third-order valence-corrected chi connectivity index (χ3v) is 4.29. The van der Waals surface area contributed by atoms with Gasteiger partial charge < -0.3 is 38.3 Å². The SMILES string of the molecule is CSCCC(NC(=O)C(C)N)C(=O)NC(CCCN=C(N)N)C(=O)NCC(=O)O. The zero-order valence-electron chi connectivity index (χ0n) is 16.6. The maximum atomic E-state index is 12.7. The van der Waals surface area contributed by atoms with Crippen LogP contribution in [0.5, 0.6) is 0 Å². The molecule has 0 radical (unpaired) electrons. The third kappa shape index (κ3) is 12.5. The molecule has 10 N–H and O–H groups in total. The smallest absolute Gasteiger partial charge is 0.322 e. The van der Waals surface area contributed by atoms with E-state index in [9.17, 15) is 19.2 Å². The van der Waals surface area contributed by atoms with Crippen molar-refractivity contribution < 1.29 is 24.3 Å². The van der Waals surface area contributed by atoms with E-state index in [0.29, 0.717) is 18.6 Å². The summed E-state index contributed by atoms with van der Waals surface area (Å²) in [4.78, 5) is 51.3. The number of aliphatic imine (C=N–C) groups is 1. The summed E-state index contributed by atoms with van der Waals surface area (Å²) in [5, 5.41) is 16.1. The van der Waals surface area contributed by atoms with E-state index in [2.05, 4.69) is 20.9 Å². The molecule has 3 amide bonds. The van der Waals surface area contributed by atoms with Gasteiger partial charge in [0.2, 0.25) is 17.7 Å². The second-order valence-corrected chi connectivity index (χ2v) is 7.24. The van der Waals surface area contributed by atoms with Crippen LogP contribution in [0.15, 0.2) is 4.99 Å². The van der Waals surface area contributed by atoms with Gasteiger partial charge in [-0.3, -0.25) is 24.2 Å². The molecule has 166 valence electrons. The van der Waals surface area contributed by atoms with Gasteiger partial charge in [0, 0.05) is 6.54 Å². The van der Waals surface area contributed by atoms with E-state index in [0.717, 1.165) is 0 Å². The first-order valence-electron chi connectivity index (χ1n) is 8.98. The summed E-state index contributed by atoms with van der Waals surface area (Å²) < 4.78 is 0. The average Bonchev–Trinajstić information content (AvgIpc) is 2.64. The van der Waals surface area contributed by atoms with E-state index in [1.807, 2.05) is 6.26 Å². The lowest BCUT2D eigenvalue weighted by Crippen LogP contribution is -2.55. The number of hydrogen-bond acceptors (Lipinski definition) is 7. The molecule has 0 aliphatic heterocycles. The molecule has 0 bridgehead atoms. The maximum absolute atomic E-state index is 12.7. The average molecular weight is 434 g/mol. The zero-order chi connectivity index (χ0) is 22.4. The van der Waals surface area contributed by atoms with Gasteiger partial charge in [-0.05, 0) is 38.2 Å². The number of rotatable bonds is 14. The molecule has 0 aliphatic rings. The summed E-state index contributed by atoms with van der Waals surface area (Å²) in [7, 11) is 0. The van der Waals surface area contributed by atoms with E-state index < -0.39 is 48.4 Å². The molecule has 29 heavy (non-hydrogen) atoms. The Kier molecular flexibility index (Phi) is 13.2. The lowest BCUT2D eigenvalue weighted by Gasteiger charge is -2.23. The molecule has 0 saturated heterocycles. The second-order valence-electron chi connectivity index (χ2n) is 6.25. The minimum Gasteiger partial charge on any atom is -0.480 e. The number of nitrogens with zero attached hydrogens (tertiary/aromatic N) is 1. The fourth-order valence-electron chi connectivity index (χ4n) is 2.14. The molecule has 0 heterocycles. The van der Waals surface area contributed by atoms with E-state index in [1.165, 1.54) is 18.7 Å². The van der Waals surface area contributed by atoms with Gasteiger partial charge in [0.1, 0.15) is 18.6 Å². The van der Waals surface area contributed by atoms with Crippen LogP contribution in [0.3, 0.4) is 0 Å². The highest BCUT2D eigenvalue weighted by Gasteiger charge is 2.27. The first-order chi connectivity index (χ1) is 13.6. The van der Waals surface area contributed by atoms with Crippen LogP contribution < -0.4 is 33.2 Å². The number of carboxylic acid groups (broad SMARTS) is 1. The van der Waals surface area contributed by atoms with Crippen LogP contribution in [0.2, 0.25) is 0 Å². The number of thioether (sulfide) groups is 1. The number of guanidine groups is 1. The lowest BCUT2D eigenvalue weighted by molar-refractivity contribution is -0.138. The minimum absolute atomic E-state index is 0.100. The molecule has 3 unspecified atom stereocenters. The van der Waals surface area contributed by atoms with Gasteiger partial charge in [-0.2, -0.15) is 11.8 Å². The molecule has 0 fully saturated rings. The first kappa shape index (κ1) is 26.5. The summed E-state index contributed by atoms with van der Waals surface area (Å²) in [6, 6.07) is -2.69. The Bertz CT molecular complexity index is 596. The van der Waals surface area contributed by atoms with Crippen LogP contribution >= 0.6 is 11.8 Å². The molecule has 0 aliphatic carbocycles. The van der Waals surface area contributed by atoms with Crippen molar-refractivity contribution in [3.05, 3.63) is 0 Å². The number of carboxylic acids is 1. The van der Waals surface area contributed by atoms with Gasteiger partial charge in [-0.25, -0.2) is 0 Å². The number of amides is 3. The summed E-state index contributed by atoms with van der Waals surface area (Å²) in [5.74, 6) is -2.44. The van der Waals surface area contributed by atoms with E-state index in [1.54, 1.807) is 0 Å². The largest absolute Gasteiger partial charge is 0.480 e. The first-order valence-corrected chi connectivity index (χ1v) is 10.4. The summed E-state index contributed by atoms with van der Waals surface area (Å²) in [6.45, 7) is 1.14. The molecular formula is C16H31N7O5S. The van der Waals surface area contributed by atoms with Crippen LogP contribution in [0.25, 0.3) is 0 Å². The quantitative estimate of drug-likeness (QED) is 0.0861. The van der Waals surface area contributed by atoms with Crippen molar-refractivity contribution in [2.75, 3.05) is 25.1 Å². The van der Waals surface area contributed by atoms with Crippen LogP contribution in [0.4, 0.5) is 0 Å². The topological polar surface area (TPSA) is 215 Å². The highest BCUT2D eigenvalue weighted by Crippen LogP contribution is 2.05. The van der Waals surface area contributed by atoms with Gasteiger partial charge in [0.15, 0.2) is 5.96 Å². The molecule has 0 aromatic rings. The maximum Gasteiger partial charge on any atom is 0.322 e. The number of carbonyl (C=O) groups excluding carboxylic acids is 3. The zero-order valence-corrected chi connectivity index (χ0v) is 17.5. The standard InChI is InChI=1S/C16H31N7O5S/c1-9(17)13(26)22-11(5-7-29-2)15(28)23-10(4-3-6-20-16(18)19)14(27)21-8-12(24)25/h9-11H,3-8,17H2,1-2H3,(H,21,27)(H,22,26)(H,23,28)(H,24,25)(H4,18,19,20). The number of aliphatic carboxylic acids is 1. The lowest BCUT2D eigenvalue weighted by atomic mass is 10.1. The second kappa shape index (κ2) is 14.5. The van der Waals surface area contributed by atoms with Gasteiger partial charge in [-0.15, -0.1) is 0 Å². The summed E-state index contributed by atoms with van der Waals surface area (Å²) in [5.41, 5.74) is 16.0. The predicted octanol–water partition coefficient (Wildman–Crippen LogP) is -2.69. The minimum atomic E-state index is -1.22. The molecular weight excluding hydrogens is 402 g/mol. The van der Waals surface area contributed by atoms with Crippen molar-refractivity contribution in [2.45, 2.75) is 44.3 Å². The van der Waals surface area contributed by atoms with Crippen LogP contribution in [-0.2, 0) is 19.2 Å². The molecule has 12 nitrogen and oxygen atoms in total. The van der Waals surface area contributed by atoms with Crippen LogP contribution in [-0.4, -0.2) is 78.0 Å². The molecule has 0 aromatic carbocycles. The van der Waals surface area contributed by atoms with Crippen molar-refractivity contribution in [1.29, 1.82) is 0 Å². The molecule has 0 saturated carbocycles. The Morgan fingerprint density at radius 2 is 1.62 bits per heavy atom. The predicted molar refractivity (Wildman–Crippen MR) is 111 cm³/mol. The third-order valence-electron chi connectivity index (χ3n) is 3.65. The molecule has 0 spiro atoms. The van der Waals surface area contributed by atoms with Crippen molar-refractivity contribution in [3.8, 4) is 0 Å². The Hall–Kier alpha value is -2.54. The van der Waals surface area contributed by atoms with Gasteiger partial charge in [-0.1, -0.05) is 0 Å². The number of hydrogen-bond donors (Lipinski definition) is 7. The Morgan fingerprint density at radius 3 is 2.14 bits per heavy atom. The van der Waals surface area contributed by atoms with Crippen molar-refractivity contribution in [3.63, 3.8) is 0 Å². The Balaban J connectivity index is 5.15. The molecule has 0 rings (SSSR count). The summed E-state index contributed by atoms with van der Waals surface area (Å²) in [6.07, 6.45) is 2.73. The fourth-order valence-corrected chi connectivity index (χ4v) is 2.61. The monoisotopic (exact) mass is 433 g/mol. The molecule has 3 atom stereocenters. The van der Waals surface area contributed by atoms with Gasteiger partial charge in [0.05, 0.1) is 6.04 Å². The highest BCUT2D eigenvalue weighted by atomic mass is 32.2. The van der Waals surface area contributed by atoms with E-state index in [4.69, 9.17) is 22.3 Å². The number of nitrogens with one attached hydrogen (secondary N) is 3. The number of carbonyl (C=O) groups is 4. The summed E-state index contributed by atoms with van der Waals surface area (Å²) >= 11 is 1.49. The Labute approximate surface area is 173 Å². The van der Waals surface area contributed by atoms with Crippen LogP contribution in [0, 0.1) is 0 Å². The van der Waals surface area contributed by atoms with Crippen LogP contribution in [0.1, 0.15) is 26.2 Å². The molecule has 0 aromatic heterocycles.